The van der Waals surface area contributed by atoms with Gasteiger partial charge in [0.25, 0.3) is 5.91 Å². The van der Waals surface area contributed by atoms with E-state index in [1.807, 2.05) is 0 Å². The summed E-state index contributed by atoms with van der Waals surface area (Å²) in [6.07, 6.45) is 0.348. The summed E-state index contributed by atoms with van der Waals surface area (Å²) in [6.45, 7) is 3.05. The number of esters is 1. The predicted octanol–water partition coefficient (Wildman–Crippen LogP) is 0.126. The van der Waals surface area contributed by atoms with Gasteiger partial charge in [0.05, 0.1) is 0 Å². The molecule has 0 aliphatic carbocycles. The second-order valence-electron chi connectivity index (χ2n) is 3.33. The summed E-state index contributed by atoms with van der Waals surface area (Å²) in [6, 6.07) is 1.37. The third-order valence-electron chi connectivity index (χ3n) is 1.88. The van der Waals surface area contributed by atoms with Gasteiger partial charge in [0.15, 0.2) is 11.8 Å². The number of aryl methyl sites for hydroxylation is 1. The lowest BCUT2D eigenvalue weighted by molar-refractivity contribution is -0.125. The molecule has 1 unspecified atom stereocenters. The molecule has 0 saturated carbocycles. The minimum atomic E-state index is -1.06. The first-order chi connectivity index (χ1) is 7.41. The van der Waals surface area contributed by atoms with Crippen molar-refractivity contribution in [3.63, 3.8) is 0 Å². The summed E-state index contributed by atoms with van der Waals surface area (Å²) >= 11 is 0. The fraction of sp³-hybridized carbons (Fsp3) is 0.300. The standard InChI is InChI=1S/C10H12N2O4/c1-5-3-7(13)8(12-4-5)10(15)16-6(2)9(11)14/h3-4,6,13H,1-2H3,(H2,11,14). The van der Waals surface area contributed by atoms with E-state index < -0.39 is 18.0 Å². The maximum atomic E-state index is 11.4. The molecule has 1 amide bonds. The zero-order valence-corrected chi connectivity index (χ0v) is 8.93. The number of pyridine rings is 1. The maximum absolute atomic E-state index is 11.4. The van der Waals surface area contributed by atoms with Crippen LogP contribution in [0, 0.1) is 6.92 Å². The zero-order chi connectivity index (χ0) is 12.3. The van der Waals surface area contributed by atoms with Crippen molar-refractivity contribution >= 4 is 11.9 Å². The number of amides is 1. The van der Waals surface area contributed by atoms with E-state index in [9.17, 15) is 14.7 Å². The van der Waals surface area contributed by atoms with E-state index in [0.29, 0.717) is 5.56 Å². The molecule has 86 valence electrons. The van der Waals surface area contributed by atoms with Crippen molar-refractivity contribution in [1.82, 2.24) is 4.98 Å². The molecular weight excluding hydrogens is 212 g/mol. The molecule has 6 heteroatoms. The quantitative estimate of drug-likeness (QED) is 0.710. The van der Waals surface area contributed by atoms with Gasteiger partial charge in [0.2, 0.25) is 0 Å². The molecule has 1 rings (SSSR count). The highest BCUT2D eigenvalue weighted by Gasteiger charge is 2.20. The number of nitrogens with zero attached hydrogens (tertiary/aromatic N) is 1. The number of aromatic nitrogens is 1. The van der Waals surface area contributed by atoms with Crippen LogP contribution in [0.15, 0.2) is 12.3 Å². The highest BCUT2D eigenvalue weighted by atomic mass is 16.5. The average molecular weight is 224 g/mol. The number of ether oxygens (including phenoxy) is 1. The van der Waals surface area contributed by atoms with Gasteiger partial charge in [0, 0.05) is 6.20 Å². The van der Waals surface area contributed by atoms with Crippen LogP contribution in [0.4, 0.5) is 0 Å². The van der Waals surface area contributed by atoms with Crippen LogP contribution < -0.4 is 5.73 Å². The summed E-state index contributed by atoms with van der Waals surface area (Å²) in [5, 5.41) is 9.43. The number of hydrogen-bond acceptors (Lipinski definition) is 5. The molecule has 0 bridgehead atoms. The molecule has 0 fully saturated rings. The molecule has 0 saturated heterocycles. The third-order valence-corrected chi connectivity index (χ3v) is 1.88. The fourth-order valence-corrected chi connectivity index (χ4v) is 0.986. The summed E-state index contributed by atoms with van der Waals surface area (Å²) in [5.74, 6) is -1.94. The van der Waals surface area contributed by atoms with E-state index in [4.69, 9.17) is 5.73 Å². The lowest BCUT2D eigenvalue weighted by Gasteiger charge is -2.09. The van der Waals surface area contributed by atoms with Gasteiger partial charge in [-0.1, -0.05) is 0 Å². The van der Waals surface area contributed by atoms with Crippen LogP contribution in [0.3, 0.4) is 0 Å². The molecule has 1 aromatic heterocycles. The first-order valence-corrected chi connectivity index (χ1v) is 4.57. The Morgan fingerprint density at radius 1 is 1.56 bits per heavy atom. The number of rotatable bonds is 3. The first kappa shape index (κ1) is 12.0. The van der Waals surface area contributed by atoms with Gasteiger partial charge in [-0.15, -0.1) is 0 Å². The van der Waals surface area contributed by atoms with Gasteiger partial charge in [-0.25, -0.2) is 9.78 Å². The van der Waals surface area contributed by atoms with Crippen LogP contribution in [0.2, 0.25) is 0 Å². The van der Waals surface area contributed by atoms with E-state index >= 15 is 0 Å². The molecule has 1 atom stereocenters. The number of carbonyl (C=O) groups is 2. The van der Waals surface area contributed by atoms with Crippen LogP contribution in [0.25, 0.3) is 0 Å². The third kappa shape index (κ3) is 2.69. The number of hydrogen-bond donors (Lipinski definition) is 2. The monoisotopic (exact) mass is 224 g/mol. The molecule has 1 aromatic rings. The smallest absolute Gasteiger partial charge is 0.361 e. The van der Waals surface area contributed by atoms with Crippen molar-refractivity contribution in [2.24, 2.45) is 5.73 Å². The average Bonchev–Trinajstić information content (AvgIpc) is 2.16. The molecule has 0 aliphatic rings. The second-order valence-corrected chi connectivity index (χ2v) is 3.33. The predicted molar refractivity (Wildman–Crippen MR) is 54.7 cm³/mol. The van der Waals surface area contributed by atoms with Crippen molar-refractivity contribution in [1.29, 1.82) is 0 Å². The maximum Gasteiger partial charge on any atom is 0.361 e. The van der Waals surface area contributed by atoms with Crippen LogP contribution in [0.5, 0.6) is 5.75 Å². The van der Waals surface area contributed by atoms with Gasteiger partial charge in [0.1, 0.15) is 5.75 Å². The van der Waals surface area contributed by atoms with Crippen LogP contribution in [0.1, 0.15) is 23.0 Å². The lowest BCUT2D eigenvalue weighted by atomic mass is 10.2. The Kier molecular flexibility index (Phi) is 3.44. The minimum absolute atomic E-state index is 0.237. The molecule has 0 radical (unpaired) electrons. The summed E-state index contributed by atoms with van der Waals surface area (Å²) in [5.41, 5.74) is 5.39. The lowest BCUT2D eigenvalue weighted by Crippen LogP contribution is -2.30. The van der Waals surface area contributed by atoms with Crippen molar-refractivity contribution in [3.05, 3.63) is 23.5 Å². The molecule has 0 aromatic carbocycles. The minimum Gasteiger partial charge on any atom is -0.505 e. The van der Waals surface area contributed by atoms with Crippen molar-refractivity contribution in [2.75, 3.05) is 0 Å². The molecule has 1 heterocycles. The molecule has 6 nitrogen and oxygen atoms in total. The van der Waals surface area contributed by atoms with E-state index in [-0.39, 0.29) is 11.4 Å². The van der Waals surface area contributed by atoms with Crippen molar-refractivity contribution in [2.45, 2.75) is 20.0 Å². The Hall–Kier alpha value is -2.11. The van der Waals surface area contributed by atoms with Crippen LogP contribution in [-0.2, 0) is 9.53 Å². The zero-order valence-electron chi connectivity index (χ0n) is 8.93. The molecule has 0 aliphatic heterocycles. The Bertz CT molecular complexity index is 431. The van der Waals surface area contributed by atoms with E-state index in [1.54, 1.807) is 6.92 Å². The summed E-state index contributed by atoms with van der Waals surface area (Å²) < 4.78 is 4.68. The first-order valence-electron chi connectivity index (χ1n) is 4.57. The van der Waals surface area contributed by atoms with Gasteiger partial charge < -0.3 is 15.6 Å². The van der Waals surface area contributed by atoms with Gasteiger partial charge >= 0.3 is 5.97 Å². The molecular formula is C10H12N2O4. The van der Waals surface area contributed by atoms with Crippen LogP contribution in [-0.4, -0.2) is 28.1 Å². The normalized spacial score (nSPS) is 11.9. The Balaban J connectivity index is 2.85. The molecule has 0 spiro atoms. The van der Waals surface area contributed by atoms with Crippen LogP contribution >= 0.6 is 0 Å². The highest BCUT2D eigenvalue weighted by molar-refractivity contribution is 5.92. The number of aromatic hydroxyl groups is 1. The Labute approximate surface area is 92.0 Å². The Morgan fingerprint density at radius 3 is 2.69 bits per heavy atom. The highest BCUT2D eigenvalue weighted by Crippen LogP contribution is 2.16. The van der Waals surface area contributed by atoms with Crippen molar-refractivity contribution < 1.29 is 19.4 Å². The fourth-order valence-electron chi connectivity index (χ4n) is 0.986. The number of primary amides is 1. The molecule has 16 heavy (non-hydrogen) atoms. The Morgan fingerprint density at radius 2 is 2.19 bits per heavy atom. The largest absolute Gasteiger partial charge is 0.505 e. The SMILES string of the molecule is Cc1cnc(C(=O)OC(C)C(N)=O)c(O)c1. The summed E-state index contributed by atoms with van der Waals surface area (Å²) in [7, 11) is 0. The van der Waals surface area contributed by atoms with Gasteiger partial charge in [-0.2, -0.15) is 0 Å². The van der Waals surface area contributed by atoms with E-state index in [2.05, 4.69) is 9.72 Å². The van der Waals surface area contributed by atoms with E-state index in [1.165, 1.54) is 19.2 Å². The van der Waals surface area contributed by atoms with Crippen molar-refractivity contribution in [3.8, 4) is 5.75 Å². The topological polar surface area (TPSA) is 103 Å². The second kappa shape index (κ2) is 4.61. The van der Waals surface area contributed by atoms with Gasteiger partial charge in [-0.05, 0) is 25.5 Å². The van der Waals surface area contributed by atoms with E-state index in [0.717, 1.165) is 0 Å². The van der Waals surface area contributed by atoms with Gasteiger partial charge in [-0.3, -0.25) is 4.79 Å². The summed E-state index contributed by atoms with van der Waals surface area (Å²) in [4.78, 5) is 25.8. The number of nitrogens with two attached hydrogens (primary N) is 1. The molecule has 3 N–H and O–H groups in total. The number of carbonyl (C=O) groups excluding carboxylic acids is 2.